The van der Waals surface area contributed by atoms with Gasteiger partial charge in [-0.15, -0.1) is 0 Å². The quantitative estimate of drug-likeness (QED) is 0.534. The second-order valence-corrected chi connectivity index (χ2v) is 7.38. The Labute approximate surface area is 196 Å². The number of benzene rings is 3. The van der Waals surface area contributed by atoms with Crippen molar-refractivity contribution in [3.05, 3.63) is 72.8 Å². The fraction of sp³-hybridized carbons (Fsp3) is 0.160. The van der Waals surface area contributed by atoms with Gasteiger partial charge in [0.25, 0.3) is 11.8 Å². The lowest BCUT2D eigenvalue weighted by Gasteiger charge is -2.29. The van der Waals surface area contributed by atoms with Crippen LogP contribution in [0.25, 0.3) is 0 Å². The summed E-state index contributed by atoms with van der Waals surface area (Å²) < 4.78 is 16.1. The molecule has 0 bridgehead atoms. The smallest absolute Gasteiger partial charge is 0.265 e. The monoisotopic (exact) mass is 461 g/mol. The van der Waals surface area contributed by atoms with Crippen LogP contribution in [-0.4, -0.2) is 44.6 Å². The van der Waals surface area contributed by atoms with Crippen LogP contribution in [-0.2, 0) is 14.4 Å². The number of nitrogens with one attached hydrogen (secondary N) is 2. The van der Waals surface area contributed by atoms with Gasteiger partial charge in [0, 0.05) is 17.4 Å². The summed E-state index contributed by atoms with van der Waals surface area (Å²) >= 11 is 0. The van der Waals surface area contributed by atoms with E-state index in [4.69, 9.17) is 14.2 Å². The zero-order valence-electron chi connectivity index (χ0n) is 18.4. The average Bonchev–Trinajstić information content (AvgIpc) is 2.85. The third-order valence-electron chi connectivity index (χ3n) is 4.96. The number of hydrogen-bond acceptors (Lipinski definition) is 6. The van der Waals surface area contributed by atoms with Gasteiger partial charge in [0.05, 0.1) is 12.8 Å². The Morgan fingerprint density at radius 2 is 1.68 bits per heavy atom. The number of carbonyl (C=O) groups excluding carboxylic acids is 3. The maximum Gasteiger partial charge on any atom is 0.265 e. The zero-order valence-corrected chi connectivity index (χ0v) is 18.4. The summed E-state index contributed by atoms with van der Waals surface area (Å²) in [7, 11) is 1.55. The minimum absolute atomic E-state index is 0.175. The number of nitrogens with zero attached hydrogens (tertiary/aromatic N) is 1. The molecule has 2 N–H and O–H groups in total. The van der Waals surface area contributed by atoms with E-state index in [0.29, 0.717) is 34.3 Å². The SMILES string of the molecule is COc1cccc(OCC(=O)Nc2ccc3c(c2)N(CC(=O)Nc2ccccc2)C(=O)CO3)c1. The van der Waals surface area contributed by atoms with Crippen LogP contribution in [0.3, 0.4) is 0 Å². The van der Waals surface area contributed by atoms with Crippen molar-refractivity contribution in [1.29, 1.82) is 0 Å². The van der Waals surface area contributed by atoms with Crippen molar-refractivity contribution >= 4 is 34.8 Å². The lowest BCUT2D eigenvalue weighted by molar-refractivity contribution is -0.123. The van der Waals surface area contributed by atoms with Crippen molar-refractivity contribution in [2.45, 2.75) is 0 Å². The highest BCUT2D eigenvalue weighted by Gasteiger charge is 2.28. The van der Waals surface area contributed by atoms with E-state index in [1.54, 1.807) is 73.8 Å². The Hall–Kier alpha value is -4.53. The number of anilines is 3. The molecule has 0 aliphatic carbocycles. The van der Waals surface area contributed by atoms with Crippen LogP contribution >= 0.6 is 0 Å². The van der Waals surface area contributed by atoms with Gasteiger partial charge < -0.3 is 24.8 Å². The molecule has 0 aromatic heterocycles. The highest BCUT2D eigenvalue weighted by Crippen LogP contribution is 2.34. The molecule has 0 radical (unpaired) electrons. The predicted octanol–water partition coefficient (Wildman–Crippen LogP) is 3.08. The molecule has 9 heteroatoms. The summed E-state index contributed by atoms with van der Waals surface area (Å²) in [5.41, 5.74) is 1.46. The van der Waals surface area contributed by atoms with Crippen molar-refractivity contribution in [2.24, 2.45) is 0 Å². The maximum atomic E-state index is 12.5. The highest BCUT2D eigenvalue weighted by molar-refractivity contribution is 6.05. The van der Waals surface area contributed by atoms with E-state index >= 15 is 0 Å². The van der Waals surface area contributed by atoms with Crippen LogP contribution in [0.2, 0.25) is 0 Å². The molecule has 0 atom stereocenters. The third kappa shape index (κ3) is 5.63. The van der Waals surface area contributed by atoms with Crippen molar-refractivity contribution in [2.75, 3.05) is 42.4 Å². The van der Waals surface area contributed by atoms with Gasteiger partial charge in [-0.2, -0.15) is 0 Å². The Morgan fingerprint density at radius 3 is 2.47 bits per heavy atom. The van der Waals surface area contributed by atoms with Crippen molar-refractivity contribution in [3.63, 3.8) is 0 Å². The Kier molecular flexibility index (Phi) is 6.92. The van der Waals surface area contributed by atoms with Crippen LogP contribution < -0.4 is 29.7 Å². The molecular weight excluding hydrogens is 438 g/mol. The van der Waals surface area contributed by atoms with E-state index in [2.05, 4.69) is 10.6 Å². The van der Waals surface area contributed by atoms with Crippen molar-refractivity contribution in [3.8, 4) is 17.2 Å². The Morgan fingerprint density at radius 1 is 0.912 bits per heavy atom. The van der Waals surface area contributed by atoms with Crippen LogP contribution in [0.1, 0.15) is 0 Å². The van der Waals surface area contributed by atoms with Crippen LogP contribution in [0.4, 0.5) is 17.1 Å². The minimum Gasteiger partial charge on any atom is -0.497 e. The summed E-state index contributed by atoms with van der Waals surface area (Å²) in [5.74, 6) is 0.453. The first-order chi connectivity index (χ1) is 16.5. The molecule has 3 aromatic carbocycles. The van der Waals surface area contributed by atoms with Crippen LogP contribution in [0.5, 0.6) is 17.2 Å². The van der Waals surface area contributed by atoms with E-state index in [0.717, 1.165) is 0 Å². The molecule has 3 aromatic rings. The van der Waals surface area contributed by atoms with Crippen LogP contribution in [0.15, 0.2) is 72.8 Å². The molecule has 1 heterocycles. The Bertz CT molecular complexity index is 1200. The summed E-state index contributed by atoms with van der Waals surface area (Å²) in [6, 6.07) is 20.8. The first kappa shape index (κ1) is 22.7. The number of carbonyl (C=O) groups is 3. The topological polar surface area (TPSA) is 106 Å². The number of amides is 3. The number of para-hydroxylation sites is 1. The number of methoxy groups -OCH3 is 1. The number of ether oxygens (including phenoxy) is 3. The molecule has 0 fully saturated rings. The number of fused-ring (bicyclic) bond motifs is 1. The summed E-state index contributed by atoms with van der Waals surface area (Å²) in [5, 5.41) is 5.49. The fourth-order valence-electron chi connectivity index (χ4n) is 3.36. The van der Waals surface area contributed by atoms with Gasteiger partial charge >= 0.3 is 0 Å². The second-order valence-electron chi connectivity index (χ2n) is 7.38. The first-order valence-electron chi connectivity index (χ1n) is 10.5. The van der Waals surface area contributed by atoms with Gasteiger partial charge in [-0.05, 0) is 42.5 Å². The largest absolute Gasteiger partial charge is 0.497 e. The molecule has 0 saturated carbocycles. The molecule has 1 aliphatic rings. The van der Waals surface area contributed by atoms with Gasteiger partial charge in [0.15, 0.2) is 13.2 Å². The number of rotatable bonds is 8. The molecule has 0 spiro atoms. The molecule has 3 amide bonds. The van der Waals surface area contributed by atoms with Crippen LogP contribution in [0, 0.1) is 0 Å². The zero-order chi connectivity index (χ0) is 23.9. The van der Waals surface area contributed by atoms with Gasteiger partial charge in [-0.1, -0.05) is 24.3 Å². The summed E-state index contributed by atoms with van der Waals surface area (Å²) in [4.78, 5) is 38.7. The lowest BCUT2D eigenvalue weighted by atomic mass is 10.2. The number of hydrogen-bond donors (Lipinski definition) is 2. The molecule has 9 nitrogen and oxygen atoms in total. The lowest BCUT2D eigenvalue weighted by Crippen LogP contribution is -2.43. The standard InChI is InChI=1S/C25H23N3O6/c1-32-19-8-5-9-20(13-19)33-15-24(30)27-18-10-11-22-21(12-18)28(25(31)16-34-22)14-23(29)26-17-6-3-2-4-7-17/h2-13H,14-16H2,1H3,(H,26,29)(H,27,30). The third-order valence-corrected chi connectivity index (χ3v) is 4.96. The molecule has 34 heavy (non-hydrogen) atoms. The van der Waals surface area contributed by atoms with E-state index in [-0.39, 0.29) is 37.5 Å². The van der Waals surface area contributed by atoms with Crippen molar-refractivity contribution in [1.82, 2.24) is 0 Å². The van der Waals surface area contributed by atoms with Gasteiger partial charge in [0.2, 0.25) is 5.91 Å². The second kappa shape index (κ2) is 10.4. The minimum atomic E-state index is -0.390. The molecule has 0 saturated heterocycles. The summed E-state index contributed by atoms with van der Waals surface area (Å²) in [6.07, 6.45) is 0. The predicted molar refractivity (Wildman–Crippen MR) is 126 cm³/mol. The highest BCUT2D eigenvalue weighted by atomic mass is 16.5. The molecule has 1 aliphatic heterocycles. The summed E-state index contributed by atoms with van der Waals surface area (Å²) in [6.45, 7) is -0.588. The molecule has 174 valence electrons. The maximum absolute atomic E-state index is 12.5. The van der Waals surface area contributed by atoms with Gasteiger partial charge in [-0.25, -0.2) is 0 Å². The van der Waals surface area contributed by atoms with E-state index < -0.39 is 0 Å². The first-order valence-corrected chi connectivity index (χ1v) is 10.5. The van der Waals surface area contributed by atoms with Gasteiger partial charge in [-0.3, -0.25) is 19.3 Å². The average molecular weight is 461 g/mol. The van der Waals surface area contributed by atoms with E-state index in [1.165, 1.54) is 4.90 Å². The van der Waals surface area contributed by atoms with Gasteiger partial charge in [0.1, 0.15) is 23.8 Å². The normalized spacial score (nSPS) is 12.3. The molecular formula is C25H23N3O6. The fourth-order valence-corrected chi connectivity index (χ4v) is 3.36. The van der Waals surface area contributed by atoms with E-state index in [1.807, 2.05) is 6.07 Å². The Balaban J connectivity index is 1.41. The molecule has 4 rings (SSSR count). The molecule has 0 unspecified atom stereocenters. The van der Waals surface area contributed by atoms with Crippen molar-refractivity contribution < 1.29 is 28.6 Å². The van der Waals surface area contributed by atoms with E-state index in [9.17, 15) is 14.4 Å².